The Hall–Kier alpha value is -5.44. The van der Waals surface area contributed by atoms with Gasteiger partial charge in [0.2, 0.25) is 0 Å². The van der Waals surface area contributed by atoms with Gasteiger partial charge >= 0.3 is 0 Å². The lowest BCUT2D eigenvalue weighted by atomic mass is 9.93. The number of benzene rings is 3. The summed E-state index contributed by atoms with van der Waals surface area (Å²) in [5, 5.41) is 24.4. The molecule has 0 radical (unpaired) electrons. The van der Waals surface area contributed by atoms with E-state index in [9.17, 15) is 10.4 Å². The molecule has 6 aromatic rings. The normalized spacial score (nSPS) is 14.3. The standard InChI is InChI=1S/C45H47ClN6O4/c1-31-35(9-6-11-40(31)41-12-7-13-43(32(41)2)54-18-8-15-51-17-14-39(53)28-51)30-56-45-22-44(55-29-34-19-33(23-47)24-48-25-34)36(20-42(45)46)26-50(3)27-37-21-38-10-4-5-16-52(38)49-37/h4-7,9-13,16,19-22,24-25,39,53H,8,14-15,17-18,26-30H2,1-3H3. The molecule has 0 saturated carbocycles. The van der Waals surface area contributed by atoms with Crippen molar-refractivity contribution in [1.29, 1.82) is 5.26 Å². The molecule has 0 spiro atoms. The molecule has 3 aromatic carbocycles. The molecule has 0 bridgehead atoms. The molecule has 1 aliphatic heterocycles. The van der Waals surface area contributed by atoms with Gasteiger partial charge in [0.05, 0.1) is 34.5 Å². The summed E-state index contributed by atoms with van der Waals surface area (Å²) >= 11 is 6.93. The average Bonchev–Trinajstić information content (AvgIpc) is 3.81. The second-order valence-corrected chi connectivity index (χ2v) is 14.9. The molecular weight excluding hydrogens is 724 g/mol. The average molecular weight is 771 g/mol. The van der Waals surface area contributed by atoms with Crippen LogP contribution in [0.15, 0.2) is 97.5 Å². The number of rotatable bonds is 16. The number of nitriles is 1. The number of hydrogen-bond donors (Lipinski definition) is 1. The summed E-state index contributed by atoms with van der Waals surface area (Å²) in [5.74, 6) is 2.02. The highest BCUT2D eigenvalue weighted by molar-refractivity contribution is 6.32. The Labute approximate surface area is 333 Å². The van der Waals surface area contributed by atoms with Gasteiger partial charge in [-0.3, -0.25) is 9.88 Å². The molecule has 7 rings (SSSR count). The SMILES string of the molecule is Cc1c(COc2cc(OCc3cncc(C#N)c3)c(CN(C)Cc3cc4ccccn4n3)cc2Cl)cccc1-c1cccc(OCCCN2CCC(O)C2)c1C. The fourth-order valence-electron chi connectivity index (χ4n) is 7.26. The predicted molar refractivity (Wildman–Crippen MR) is 218 cm³/mol. The molecule has 10 nitrogen and oxygen atoms in total. The topological polar surface area (TPSA) is 108 Å². The van der Waals surface area contributed by atoms with E-state index in [1.807, 2.05) is 60.2 Å². The van der Waals surface area contributed by atoms with Gasteiger partial charge in [-0.25, -0.2) is 4.52 Å². The fraction of sp³-hybridized carbons (Fsp3) is 0.311. The monoisotopic (exact) mass is 770 g/mol. The summed E-state index contributed by atoms with van der Waals surface area (Å²) in [5.41, 5.74) is 9.62. The van der Waals surface area contributed by atoms with E-state index in [0.717, 1.165) is 88.4 Å². The molecule has 1 fully saturated rings. The van der Waals surface area contributed by atoms with Crippen molar-refractivity contribution in [2.75, 3.05) is 33.3 Å². The lowest BCUT2D eigenvalue weighted by Crippen LogP contribution is -2.24. The molecule has 0 aliphatic carbocycles. The van der Waals surface area contributed by atoms with Crippen molar-refractivity contribution in [3.63, 3.8) is 0 Å². The van der Waals surface area contributed by atoms with Crippen molar-refractivity contribution in [3.8, 4) is 34.4 Å². The van der Waals surface area contributed by atoms with Crippen LogP contribution in [0.25, 0.3) is 16.6 Å². The first-order chi connectivity index (χ1) is 27.2. The predicted octanol–water partition coefficient (Wildman–Crippen LogP) is 8.16. The molecule has 4 heterocycles. The highest BCUT2D eigenvalue weighted by Crippen LogP contribution is 2.37. The van der Waals surface area contributed by atoms with Crippen LogP contribution in [0.4, 0.5) is 0 Å². The Morgan fingerprint density at radius 2 is 1.70 bits per heavy atom. The number of aliphatic hydroxyl groups excluding tert-OH is 1. The molecule has 1 aliphatic rings. The third-order valence-electron chi connectivity index (χ3n) is 10.3. The number of hydrogen-bond acceptors (Lipinski definition) is 9. The van der Waals surface area contributed by atoms with E-state index >= 15 is 0 Å². The fourth-order valence-corrected chi connectivity index (χ4v) is 7.50. The van der Waals surface area contributed by atoms with E-state index in [1.54, 1.807) is 12.3 Å². The van der Waals surface area contributed by atoms with Crippen LogP contribution >= 0.6 is 11.6 Å². The molecule has 56 heavy (non-hydrogen) atoms. The minimum atomic E-state index is -0.204. The summed E-state index contributed by atoms with van der Waals surface area (Å²) in [6.45, 7) is 9.16. The van der Waals surface area contributed by atoms with Crippen LogP contribution in [0.5, 0.6) is 17.2 Å². The molecule has 1 unspecified atom stereocenters. The highest BCUT2D eigenvalue weighted by Gasteiger charge is 2.20. The van der Waals surface area contributed by atoms with E-state index < -0.39 is 0 Å². The van der Waals surface area contributed by atoms with E-state index in [4.69, 9.17) is 30.9 Å². The van der Waals surface area contributed by atoms with Crippen LogP contribution in [-0.4, -0.2) is 68.9 Å². The number of ether oxygens (including phenoxy) is 3. The lowest BCUT2D eigenvalue weighted by molar-refractivity contribution is 0.173. The Kier molecular flexibility index (Phi) is 12.5. The molecule has 11 heteroatoms. The van der Waals surface area contributed by atoms with Gasteiger partial charge < -0.3 is 24.2 Å². The minimum Gasteiger partial charge on any atom is -0.493 e. The lowest BCUT2D eigenvalue weighted by Gasteiger charge is -2.20. The van der Waals surface area contributed by atoms with Crippen LogP contribution in [0.1, 0.15) is 51.9 Å². The molecule has 288 valence electrons. The minimum absolute atomic E-state index is 0.204. The number of fused-ring (bicyclic) bond motifs is 1. The summed E-state index contributed by atoms with van der Waals surface area (Å²) in [6.07, 6.45) is 6.73. The Morgan fingerprint density at radius 3 is 2.50 bits per heavy atom. The summed E-state index contributed by atoms with van der Waals surface area (Å²) in [7, 11) is 2.04. The number of likely N-dealkylation sites (tertiary alicyclic amines) is 1. The van der Waals surface area contributed by atoms with Crippen LogP contribution in [0.3, 0.4) is 0 Å². The third-order valence-corrected chi connectivity index (χ3v) is 10.5. The van der Waals surface area contributed by atoms with Crippen molar-refractivity contribution in [2.24, 2.45) is 0 Å². The maximum atomic E-state index is 9.82. The smallest absolute Gasteiger partial charge is 0.142 e. The van der Waals surface area contributed by atoms with Gasteiger partial charge in [0.25, 0.3) is 0 Å². The molecule has 3 aromatic heterocycles. The van der Waals surface area contributed by atoms with Crippen molar-refractivity contribution >= 4 is 17.1 Å². The number of pyridine rings is 2. The molecule has 1 N–H and O–H groups in total. The van der Waals surface area contributed by atoms with Crippen LogP contribution in [0, 0.1) is 25.2 Å². The van der Waals surface area contributed by atoms with Gasteiger partial charge in [0.15, 0.2) is 0 Å². The Bertz CT molecular complexity index is 2310. The summed E-state index contributed by atoms with van der Waals surface area (Å²) in [4.78, 5) is 8.65. The van der Waals surface area contributed by atoms with E-state index in [0.29, 0.717) is 48.4 Å². The summed E-state index contributed by atoms with van der Waals surface area (Å²) < 4.78 is 21.0. The molecule has 1 atom stereocenters. The first kappa shape index (κ1) is 38.8. The van der Waals surface area contributed by atoms with Gasteiger partial charge in [-0.05, 0) is 98.0 Å². The van der Waals surface area contributed by atoms with Gasteiger partial charge in [-0.2, -0.15) is 10.4 Å². The van der Waals surface area contributed by atoms with Crippen molar-refractivity contribution in [3.05, 3.63) is 142 Å². The zero-order valence-electron chi connectivity index (χ0n) is 32.1. The quantitative estimate of drug-likeness (QED) is 0.0976. The highest BCUT2D eigenvalue weighted by atomic mass is 35.5. The van der Waals surface area contributed by atoms with Gasteiger partial charge in [-0.15, -0.1) is 0 Å². The second-order valence-electron chi connectivity index (χ2n) is 14.5. The maximum absolute atomic E-state index is 9.82. The van der Waals surface area contributed by atoms with Gasteiger partial charge in [-0.1, -0.05) is 48.0 Å². The number of β-amino-alcohol motifs (C(OH)–C–C–N with tert-alkyl or cyclic N) is 1. The maximum Gasteiger partial charge on any atom is 0.142 e. The molecule has 0 amide bonds. The second kappa shape index (κ2) is 18.0. The van der Waals surface area contributed by atoms with Crippen molar-refractivity contribution in [1.82, 2.24) is 24.4 Å². The first-order valence-electron chi connectivity index (χ1n) is 19.0. The Balaban J connectivity index is 1.06. The van der Waals surface area contributed by atoms with Crippen molar-refractivity contribution < 1.29 is 19.3 Å². The summed E-state index contributed by atoms with van der Waals surface area (Å²) in [6, 6.07) is 28.2. The van der Waals surface area contributed by atoms with Crippen LogP contribution in [0.2, 0.25) is 5.02 Å². The van der Waals surface area contributed by atoms with E-state index in [1.165, 1.54) is 6.20 Å². The zero-order chi connectivity index (χ0) is 39.0. The third kappa shape index (κ3) is 9.49. The van der Waals surface area contributed by atoms with Crippen LogP contribution in [-0.2, 0) is 26.3 Å². The molecular formula is C45H47ClN6O4. The van der Waals surface area contributed by atoms with E-state index in [-0.39, 0.29) is 12.7 Å². The number of nitrogens with zero attached hydrogens (tertiary/aromatic N) is 6. The zero-order valence-corrected chi connectivity index (χ0v) is 32.9. The van der Waals surface area contributed by atoms with Gasteiger partial charge in [0, 0.05) is 68.5 Å². The Morgan fingerprint density at radius 1 is 0.875 bits per heavy atom. The van der Waals surface area contributed by atoms with Gasteiger partial charge in [0.1, 0.15) is 36.5 Å². The van der Waals surface area contributed by atoms with Crippen molar-refractivity contribution in [2.45, 2.75) is 59.1 Å². The van der Waals surface area contributed by atoms with E-state index in [2.05, 4.69) is 65.0 Å². The number of aliphatic hydroxyl groups is 1. The molecule has 1 saturated heterocycles. The van der Waals surface area contributed by atoms with Crippen LogP contribution < -0.4 is 14.2 Å². The largest absolute Gasteiger partial charge is 0.493 e. The first-order valence-corrected chi connectivity index (χ1v) is 19.4. The number of halogens is 1. The number of aromatic nitrogens is 3.